The molecule has 3 rings (SSSR count). The van der Waals surface area contributed by atoms with Crippen LogP contribution in [-0.2, 0) is 11.0 Å². The molecule has 31 heavy (non-hydrogen) atoms. The van der Waals surface area contributed by atoms with Gasteiger partial charge in [0.1, 0.15) is 17.6 Å². The zero-order valence-electron chi connectivity index (χ0n) is 17.5. The molecule has 0 spiro atoms. The van der Waals surface area contributed by atoms with Gasteiger partial charge in [-0.05, 0) is 64.4 Å². The predicted molar refractivity (Wildman–Crippen MR) is 108 cm³/mol. The van der Waals surface area contributed by atoms with Crippen LogP contribution in [0, 0.1) is 6.92 Å². The van der Waals surface area contributed by atoms with Gasteiger partial charge in [-0.3, -0.25) is 4.79 Å². The number of hydrogen-bond donors (Lipinski definition) is 2. The largest absolute Gasteiger partial charge is 0.449 e. The van der Waals surface area contributed by atoms with E-state index < -0.39 is 23.9 Å². The smallest absolute Gasteiger partial charge is 0.425 e. The summed E-state index contributed by atoms with van der Waals surface area (Å²) in [7, 11) is 0. The second kappa shape index (κ2) is 9.09. The van der Waals surface area contributed by atoms with Gasteiger partial charge in [-0.25, -0.2) is 9.78 Å². The van der Waals surface area contributed by atoms with Crippen molar-refractivity contribution in [2.75, 3.05) is 11.9 Å². The summed E-state index contributed by atoms with van der Waals surface area (Å²) in [4.78, 5) is 28.4. The summed E-state index contributed by atoms with van der Waals surface area (Å²) >= 11 is 0. The lowest BCUT2D eigenvalue weighted by Gasteiger charge is -2.21. The van der Waals surface area contributed by atoms with E-state index in [9.17, 15) is 22.8 Å². The van der Waals surface area contributed by atoms with Crippen molar-refractivity contribution in [1.29, 1.82) is 0 Å². The molecule has 1 unspecified atom stereocenters. The fourth-order valence-electron chi connectivity index (χ4n) is 3.49. The van der Waals surface area contributed by atoms with Crippen LogP contribution in [0.1, 0.15) is 61.0 Å². The number of imidazole rings is 1. The van der Waals surface area contributed by atoms with Crippen molar-refractivity contribution >= 4 is 17.7 Å². The summed E-state index contributed by atoms with van der Waals surface area (Å²) in [6, 6.07) is 4.93. The SMILES string of the molecule is Cc1nc(C(F)(F)F)n(C(C)C)c1NC(=O)c1ccc(OC(=O)C2CCCCN2)cc1. The Morgan fingerprint density at radius 1 is 1.23 bits per heavy atom. The van der Waals surface area contributed by atoms with E-state index in [1.807, 2.05) is 0 Å². The molecule has 2 aromatic rings. The highest BCUT2D eigenvalue weighted by Gasteiger charge is 2.39. The van der Waals surface area contributed by atoms with Crippen molar-refractivity contribution in [1.82, 2.24) is 14.9 Å². The van der Waals surface area contributed by atoms with E-state index in [4.69, 9.17) is 4.74 Å². The molecule has 0 saturated carbocycles. The highest BCUT2D eigenvalue weighted by Crippen LogP contribution is 2.34. The van der Waals surface area contributed by atoms with Crippen LogP contribution in [0.15, 0.2) is 24.3 Å². The van der Waals surface area contributed by atoms with Gasteiger partial charge in [0.05, 0.1) is 5.69 Å². The average molecular weight is 438 g/mol. The van der Waals surface area contributed by atoms with E-state index in [1.54, 1.807) is 13.8 Å². The number of benzene rings is 1. The molecular weight excluding hydrogens is 413 g/mol. The standard InChI is InChI=1S/C21H25F3N4O3/c1-12(2)28-17(13(3)26-20(28)21(22,23)24)27-18(29)14-7-9-15(10-8-14)31-19(30)16-6-4-5-11-25-16/h7-10,12,16,25H,4-6,11H2,1-3H3,(H,27,29). The van der Waals surface area contributed by atoms with Crippen LogP contribution in [0.5, 0.6) is 5.75 Å². The molecule has 10 heteroatoms. The van der Waals surface area contributed by atoms with E-state index in [2.05, 4.69) is 15.6 Å². The number of hydrogen-bond acceptors (Lipinski definition) is 5. The Kier molecular flexibility index (Phi) is 6.68. The first-order chi connectivity index (χ1) is 14.6. The molecule has 1 saturated heterocycles. The Morgan fingerprint density at radius 3 is 2.45 bits per heavy atom. The third kappa shape index (κ3) is 5.25. The minimum Gasteiger partial charge on any atom is -0.425 e. The zero-order valence-corrected chi connectivity index (χ0v) is 17.5. The number of carbonyl (C=O) groups excluding carboxylic acids is 2. The van der Waals surface area contributed by atoms with Crippen molar-refractivity contribution in [3.05, 3.63) is 41.3 Å². The number of halogens is 3. The second-order valence-electron chi connectivity index (χ2n) is 7.73. The average Bonchev–Trinajstić information content (AvgIpc) is 3.06. The number of anilines is 1. The molecule has 2 heterocycles. The number of aromatic nitrogens is 2. The number of carbonyl (C=O) groups is 2. The van der Waals surface area contributed by atoms with Crippen LogP contribution in [0.2, 0.25) is 0 Å². The molecule has 1 fully saturated rings. The molecule has 1 atom stereocenters. The number of amides is 1. The second-order valence-corrected chi connectivity index (χ2v) is 7.73. The quantitative estimate of drug-likeness (QED) is 0.543. The van der Waals surface area contributed by atoms with Crippen molar-refractivity contribution in [3.63, 3.8) is 0 Å². The van der Waals surface area contributed by atoms with E-state index in [0.29, 0.717) is 6.42 Å². The summed E-state index contributed by atoms with van der Waals surface area (Å²) in [5.74, 6) is -1.75. The minimum absolute atomic E-state index is 0.00815. The monoisotopic (exact) mass is 438 g/mol. The molecule has 7 nitrogen and oxygen atoms in total. The van der Waals surface area contributed by atoms with Gasteiger partial charge in [0, 0.05) is 11.6 Å². The molecule has 1 aromatic heterocycles. The summed E-state index contributed by atoms with van der Waals surface area (Å²) in [5, 5.41) is 5.63. The topological polar surface area (TPSA) is 85.2 Å². The number of rotatable bonds is 5. The summed E-state index contributed by atoms with van der Waals surface area (Å²) in [6.07, 6.45) is -1.96. The van der Waals surface area contributed by atoms with Gasteiger partial charge < -0.3 is 19.9 Å². The maximum atomic E-state index is 13.3. The van der Waals surface area contributed by atoms with Gasteiger partial charge in [0.2, 0.25) is 5.82 Å². The van der Waals surface area contributed by atoms with E-state index in [1.165, 1.54) is 31.2 Å². The van der Waals surface area contributed by atoms with Crippen LogP contribution in [0.3, 0.4) is 0 Å². The number of esters is 1. The molecule has 1 aromatic carbocycles. The Bertz CT molecular complexity index is 946. The van der Waals surface area contributed by atoms with Gasteiger partial charge in [-0.2, -0.15) is 13.2 Å². The number of alkyl halides is 3. The molecule has 0 bridgehead atoms. The number of nitrogens with zero attached hydrogens (tertiary/aromatic N) is 2. The maximum Gasteiger partial charge on any atom is 0.449 e. The van der Waals surface area contributed by atoms with Gasteiger partial charge >= 0.3 is 12.1 Å². The Morgan fingerprint density at radius 2 is 1.90 bits per heavy atom. The van der Waals surface area contributed by atoms with Gasteiger partial charge in [0.15, 0.2) is 0 Å². The normalized spacial score (nSPS) is 16.9. The van der Waals surface area contributed by atoms with Crippen molar-refractivity contribution in [3.8, 4) is 5.75 Å². The number of nitrogens with one attached hydrogen (secondary N) is 2. The fourth-order valence-corrected chi connectivity index (χ4v) is 3.49. The first-order valence-electron chi connectivity index (χ1n) is 10.1. The number of piperidine rings is 1. The van der Waals surface area contributed by atoms with Crippen LogP contribution in [-0.4, -0.2) is 34.0 Å². The van der Waals surface area contributed by atoms with Gasteiger partial charge in [-0.1, -0.05) is 6.42 Å². The van der Waals surface area contributed by atoms with Crippen LogP contribution in [0.4, 0.5) is 19.0 Å². The molecule has 1 aliphatic heterocycles. The third-order valence-electron chi connectivity index (χ3n) is 5.02. The molecule has 2 N–H and O–H groups in total. The van der Waals surface area contributed by atoms with Crippen LogP contribution < -0.4 is 15.4 Å². The molecular formula is C21H25F3N4O3. The van der Waals surface area contributed by atoms with E-state index in [-0.39, 0.29) is 34.8 Å². The number of aryl methyl sites for hydroxylation is 1. The van der Waals surface area contributed by atoms with Crippen LogP contribution in [0.25, 0.3) is 0 Å². The Labute approximate surface area is 178 Å². The highest BCUT2D eigenvalue weighted by atomic mass is 19.4. The maximum absolute atomic E-state index is 13.3. The first-order valence-corrected chi connectivity index (χ1v) is 10.1. The summed E-state index contributed by atoms with van der Waals surface area (Å²) in [5.41, 5.74) is 0.278. The molecule has 1 aliphatic rings. The van der Waals surface area contributed by atoms with Crippen molar-refractivity contribution in [2.45, 2.75) is 58.3 Å². The van der Waals surface area contributed by atoms with E-state index in [0.717, 1.165) is 24.0 Å². The summed E-state index contributed by atoms with van der Waals surface area (Å²) < 4.78 is 46.2. The first kappa shape index (κ1) is 22.8. The van der Waals surface area contributed by atoms with Gasteiger partial charge in [-0.15, -0.1) is 0 Å². The minimum atomic E-state index is -4.64. The highest BCUT2D eigenvalue weighted by molar-refractivity contribution is 6.04. The Hall–Kier alpha value is -2.88. The fraction of sp³-hybridized carbons (Fsp3) is 0.476. The lowest BCUT2D eigenvalue weighted by Crippen LogP contribution is -2.42. The Balaban J connectivity index is 1.73. The lowest BCUT2D eigenvalue weighted by atomic mass is 10.1. The molecule has 0 radical (unpaired) electrons. The molecule has 0 aliphatic carbocycles. The molecule has 1 amide bonds. The third-order valence-corrected chi connectivity index (χ3v) is 5.02. The lowest BCUT2D eigenvalue weighted by molar-refractivity contribution is -0.147. The predicted octanol–water partition coefficient (Wildman–Crippen LogP) is 4.09. The van der Waals surface area contributed by atoms with E-state index >= 15 is 0 Å². The van der Waals surface area contributed by atoms with Gasteiger partial charge in [0.25, 0.3) is 5.91 Å². The van der Waals surface area contributed by atoms with Crippen LogP contribution >= 0.6 is 0 Å². The number of ether oxygens (including phenoxy) is 1. The van der Waals surface area contributed by atoms with Crippen molar-refractivity contribution < 1.29 is 27.5 Å². The summed E-state index contributed by atoms with van der Waals surface area (Å²) in [6.45, 7) is 5.33. The van der Waals surface area contributed by atoms with Crippen molar-refractivity contribution in [2.24, 2.45) is 0 Å². The molecule has 168 valence electrons. The zero-order chi connectivity index (χ0) is 22.8.